The van der Waals surface area contributed by atoms with Crippen LogP contribution in [0.1, 0.15) is 27.7 Å². The molecule has 2 rings (SSSR count). The predicted molar refractivity (Wildman–Crippen MR) is 61.1 cm³/mol. The molecule has 4 heteroatoms. The Morgan fingerprint density at radius 2 is 2.06 bits per heavy atom. The van der Waals surface area contributed by atoms with E-state index in [2.05, 4.69) is 0 Å². The van der Waals surface area contributed by atoms with Crippen LogP contribution in [0.5, 0.6) is 0 Å². The molecule has 0 aromatic rings. The van der Waals surface area contributed by atoms with Crippen molar-refractivity contribution in [1.29, 1.82) is 0 Å². The number of allylic oxidation sites excluding steroid dienone is 1. The highest BCUT2D eigenvalue weighted by Crippen LogP contribution is 2.62. The summed E-state index contributed by atoms with van der Waals surface area (Å²) in [4.78, 5) is 22.6. The minimum Gasteiger partial charge on any atom is -0.435 e. The standard InChI is InChI=1S/C13H16O4/c1-9(14)16-8-7-13-11(2,3)10(15)5-6-12(13,4)17-13/h5-8H,1-4H3/b8-7+. The largest absolute Gasteiger partial charge is 0.435 e. The van der Waals surface area contributed by atoms with Crippen molar-refractivity contribution in [3.63, 3.8) is 0 Å². The molecule has 0 aromatic carbocycles. The average Bonchev–Trinajstić information content (AvgIpc) is 2.82. The topological polar surface area (TPSA) is 55.9 Å². The number of carbonyl (C=O) groups excluding carboxylic acids is 2. The fourth-order valence-corrected chi connectivity index (χ4v) is 2.47. The van der Waals surface area contributed by atoms with Crippen molar-refractivity contribution in [3.8, 4) is 0 Å². The Kier molecular flexibility index (Phi) is 2.33. The van der Waals surface area contributed by atoms with Gasteiger partial charge in [0.2, 0.25) is 0 Å². The Morgan fingerprint density at radius 3 is 2.65 bits per heavy atom. The lowest BCUT2D eigenvalue weighted by atomic mass is 9.66. The third kappa shape index (κ3) is 1.47. The zero-order valence-electron chi connectivity index (χ0n) is 10.4. The lowest BCUT2D eigenvalue weighted by molar-refractivity contribution is -0.135. The average molecular weight is 236 g/mol. The summed E-state index contributed by atoms with van der Waals surface area (Å²) < 4.78 is 10.5. The van der Waals surface area contributed by atoms with Crippen molar-refractivity contribution >= 4 is 11.8 Å². The highest BCUT2D eigenvalue weighted by atomic mass is 16.6. The molecule has 0 aromatic heterocycles. The van der Waals surface area contributed by atoms with Crippen LogP contribution in [-0.4, -0.2) is 23.0 Å². The number of hydrogen-bond acceptors (Lipinski definition) is 4. The first-order valence-corrected chi connectivity index (χ1v) is 5.54. The van der Waals surface area contributed by atoms with Crippen molar-refractivity contribution in [2.75, 3.05) is 0 Å². The van der Waals surface area contributed by atoms with Crippen molar-refractivity contribution in [3.05, 3.63) is 24.5 Å². The molecular weight excluding hydrogens is 220 g/mol. The summed E-state index contributed by atoms with van der Waals surface area (Å²) in [6, 6.07) is 0. The van der Waals surface area contributed by atoms with Crippen LogP contribution in [0.3, 0.4) is 0 Å². The Hall–Kier alpha value is -1.42. The van der Waals surface area contributed by atoms with Crippen LogP contribution in [0.4, 0.5) is 0 Å². The lowest BCUT2D eigenvalue weighted by Crippen LogP contribution is -2.45. The maximum Gasteiger partial charge on any atom is 0.307 e. The van der Waals surface area contributed by atoms with Crippen molar-refractivity contribution in [1.82, 2.24) is 0 Å². The molecule has 1 saturated heterocycles. The molecule has 1 aliphatic carbocycles. The molecule has 0 bridgehead atoms. The van der Waals surface area contributed by atoms with Gasteiger partial charge in [0.1, 0.15) is 11.2 Å². The lowest BCUT2D eigenvalue weighted by Gasteiger charge is -2.31. The summed E-state index contributed by atoms with van der Waals surface area (Å²) in [5.74, 6) is -0.379. The normalized spacial score (nSPS) is 38.0. The van der Waals surface area contributed by atoms with Gasteiger partial charge in [-0.2, -0.15) is 0 Å². The Balaban J connectivity index is 2.31. The molecule has 0 N–H and O–H groups in total. The van der Waals surface area contributed by atoms with Gasteiger partial charge in [-0.05, 0) is 39.0 Å². The first kappa shape index (κ1) is 12.0. The third-order valence-electron chi connectivity index (χ3n) is 3.70. The molecule has 2 unspecified atom stereocenters. The summed E-state index contributed by atoms with van der Waals surface area (Å²) in [7, 11) is 0. The number of ether oxygens (including phenoxy) is 2. The summed E-state index contributed by atoms with van der Waals surface area (Å²) >= 11 is 0. The summed E-state index contributed by atoms with van der Waals surface area (Å²) in [6.07, 6.45) is 6.29. The van der Waals surface area contributed by atoms with Crippen LogP contribution < -0.4 is 0 Å². The smallest absolute Gasteiger partial charge is 0.307 e. The van der Waals surface area contributed by atoms with Gasteiger partial charge in [-0.25, -0.2) is 0 Å². The molecular formula is C13H16O4. The maximum atomic E-state index is 11.9. The quantitative estimate of drug-likeness (QED) is 0.416. The van der Waals surface area contributed by atoms with E-state index < -0.39 is 22.6 Å². The van der Waals surface area contributed by atoms with Gasteiger partial charge in [-0.1, -0.05) is 0 Å². The van der Waals surface area contributed by atoms with E-state index in [1.807, 2.05) is 20.8 Å². The highest BCUT2D eigenvalue weighted by Gasteiger charge is 2.74. The van der Waals surface area contributed by atoms with Crippen LogP contribution >= 0.6 is 0 Å². The van der Waals surface area contributed by atoms with Gasteiger partial charge >= 0.3 is 5.97 Å². The molecule has 92 valence electrons. The Bertz CT molecular complexity index is 446. The van der Waals surface area contributed by atoms with Crippen molar-refractivity contribution in [2.45, 2.75) is 38.9 Å². The van der Waals surface area contributed by atoms with Crippen LogP contribution in [0, 0.1) is 5.41 Å². The van der Waals surface area contributed by atoms with Crippen LogP contribution in [-0.2, 0) is 19.1 Å². The third-order valence-corrected chi connectivity index (χ3v) is 3.70. The van der Waals surface area contributed by atoms with E-state index in [1.54, 1.807) is 18.2 Å². The molecule has 0 spiro atoms. The van der Waals surface area contributed by atoms with Crippen molar-refractivity contribution < 1.29 is 19.1 Å². The molecule has 4 nitrogen and oxygen atoms in total. The molecule has 1 fully saturated rings. The molecule has 0 saturated carbocycles. The number of ketones is 1. The second-order valence-corrected chi connectivity index (χ2v) is 5.18. The molecule has 0 radical (unpaired) electrons. The zero-order chi connectivity index (χ0) is 12.9. The zero-order valence-corrected chi connectivity index (χ0v) is 10.4. The summed E-state index contributed by atoms with van der Waals surface area (Å²) in [6.45, 7) is 6.91. The number of epoxide rings is 1. The monoisotopic (exact) mass is 236 g/mol. The van der Waals surface area contributed by atoms with Gasteiger partial charge in [-0.15, -0.1) is 0 Å². The van der Waals surface area contributed by atoms with Crippen LogP contribution in [0.25, 0.3) is 0 Å². The molecule has 1 aliphatic heterocycles. The first-order chi connectivity index (χ1) is 7.75. The minimum atomic E-state index is -0.707. The molecule has 1 heterocycles. The number of fused-ring (bicyclic) bond motifs is 1. The maximum absolute atomic E-state index is 11.9. The highest BCUT2D eigenvalue weighted by molar-refractivity contribution is 5.98. The van der Waals surface area contributed by atoms with E-state index in [0.717, 1.165) is 0 Å². The number of carbonyl (C=O) groups is 2. The van der Waals surface area contributed by atoms with E-state index >= 15 is 0 Å². The van der Waals surface area contributed by atoms with E-state index in [4.69, 9.17) is 9.47 Å². The van der Waals surface area contributed by atoms with Gasteiger partial charge < -0.3 is 9.47 Å². The van der Waals surface area contributed by atoms with E-state index in [1.165, 1.54) is 13.2 Å². The van der Waals surface area contributed by atoms with Gasteiger partial charge in [-0.3, -0.25) is 9.59 Å². The van der Waals surface area contributed by atoms with Gasteiger partial charge in [0, 0.05) is 6.92 Å². The Labute approximate surface area is 100 Å². The van der Waals surface area contributed by atoms with Crippen LogP contribution in [0.15, 0.2) is 24.5 Å². The molecule has 0 amide bonds. The predicted octanol–water partition coefficient (Wildman–Crippen LogP) is 1.76. The fraction of sp³-hybridized carbons (Fsp3) is 0.538. The molecule has 17 heavy (non-hydrogen) atoms. The summed E-state index contributed by atoms with van der Waals surface area (Å²) in [5.41, 5.74) is -1.85. The van der Waals surface area contributed by atoms with E-state index in [9.17, 15) is 9.59 Å². The number of hydrogen-bond donors (Lipinski definition) is 0. The van der Waals surface area contributed by atoms with Gasteiger partial charge in [0.25, 0.3) is 0 Å². The van der Waals surface area contributed by atoms with E-state index in [-0.39, 0.29) is 5.78 Å². The van der Waals surface area contributed by atoms with Gasteiger partial charge in [0.05, 0.1) is 11.7 Å². The molecule has 2 atom stereocenters. The first-order valence-electron chi connectivity index (χ1n) is 5.54. The number of esters is 1. The molecule has 2 aliphatic rings. The SMILES string of the molecule is CC(=O)O/C=C/C12OC1(C)C=CC(=O)C2(C)C. The van der Waals surface area contributed by atoms with Crippen molar-refractivity contribution in [2.24, 2.45) is 5.41 Å². The minimum absolute atomic E-state index is 0.0138. The van der Waals surface area contributed by atoms with Crippen LogP contribution in [0.2, 0.25) is 0 Å². The van der Waals surface area contributed by atoms with Gasteiger partial charge in [0.15, 0.2) is 5.78 Å². The fourth-order valence-electron chi connectivity index (χ4n) is 2.47. The Morgan fingerprint density at radius 1 is 1.41 bits per heavy atom. The number of rotatable bonds is 2. The second-order valence-electron chi connectivity index (χ2n) is 5.18. The van der Waals surface area contributed by atoms with E-state index in [0.29, 0.717) is 0 Å². The summed E-state index contributed by atoms with van der Waals surface area (Å²) in [5, 5.41) is 0. The second kappa shape index (κ2) is 3.29.